The molecule has 0 saturated carbocycles. The molecule has 0 bridgehead atoms. The highest BCUT2D eigenvalue weighted by Gasteiger charge is 1.86. The summed E-state index contributed by atoms with van der Waals surface area (Å²) in [5.74, 6) is 0. The quantitative estimate of drug-likeness (QED) is 0.417. The fourth-order valence-electron chi connectivity index (χ4n) is 0.640. The Morgan fingerprint density at radius 2 is 2.22 bits per heavy atom. The Balaban J connectivity index is 3.07. The molecule has 0 saturated heterocycles. The summed E-state index contributed by atoms with van der Waals surface area (Å²) in [5, 5.41) is 0. The second kappa shape index (κ2) is 5.83. The van der Waals surface area contributed by atoms with Crippen molar-refractivity contribution in [1.29, 1.82) is 0 Å². The van der Waals surface area contributed by atoms with E-state index in [-0.39, 0.29) is 0 Å². The van der Waals surface area contributed by atoms with Crippen LogP contribution in [0.1, 0.15) is 26.7 Å². The molecule has 0 spiro atoms. The van der Waals surface area contributed by atoms with Gasteiger partial charge in [-0.3, -0.25) is 0 Å². The molecule has 0 fully saturated rings. The van der Waals surface area contributed by atoms with Gasteiger partial charge in [0.2, 0.25) is 0 Å². The third-order valence-electron chi connectivity index (χ3n) is 1.41. The molecule has 0 aromatic heterocycles. The van der Waals surface area contributed by atoms with Crippen LogP contribution >= 0.6 is 0 Å². The minimum atomic E-state index is 0.880. The highest BCUT2D eigenvalue weighted by Crippen LogP contribution is 2.02. The molecule has 0 aromatic carbocycles. The second-order valence-electron chi connectivity index (χ2n) is 2.23. The van der Waals surface area contributed by atoms with Crippen LogP contribution in [0, 0.1) is 0 Å². The minimum Gasteiger partial charge on any atom is -0.385 e. The van der Waals surface area contributed by atoms with Crippen LogP contribution in [0.3, 0.4) is 0 Å². The predicted molar refractivity (Wildman–Crippen MR) is 40.5 cm³/mol. The van der Waals surface area contributed by atoms with Gasteiger partial charge in [-0.1, -0.05) is 11.6 Å². The Kier molecular flexibility index (Phi) is 5.64. The van der Waals surface area contributed by atoms with Crippen LogP contribution < -0.4 is 0 Å². The fraction of sp³-hybridized carbons (Fsp3) is 0.750. The lowest BCUT2D eigenvalue weighted by atomic mass is 10.2. The predicted octanol–water partition coefficient (Wildman–Crippen LogP) is 2.38. The van der Waals surface area contributed by atoms with E-state index in [2.05, 4.69) is 19.9 Å². The highest BCUT2D eigenvalue weighted by atomic mass is 16.5. The SMILES string of the molecule is CC=C(C)CCCOC. The average Bonchev–Trinajstić information content (AvgIpc) is 1.89. The monoisotopic (exact) mass is 128 g/mol. The van der Waals surface area contributed by atoms with Crippen molar-refractivity contribution in [2.24, 2.45) is 0 Å². The van der Waals surface area contributed by atoms with Crippen molar-refractivity contribution in [3.63, 3.8) is 0 Å². The molecule has 0 amide bonds. The molecule has 0 heterocycles. The molecule has 1 heteroatoms. The maximum absolute atomic E-state index is 4.91. The molecule has 0 aromatic rings. The average molecular weight is 128 g/mol. The molecule has 0 aliphatic rings. The summed E-state index contributed by atoms with van der Waals surface area (Å²) in [4.78, 5) is 0. The van der Waals surface area contributed by atoms with Crippen LogP contribution in [-0.4, -0.2) is 13.7 Å². The lowest BCUT2D eigenvalue weighted by Crippen LogP contribution is -1.88. The van der Waals surface area contributed by atoms with Crippen LogP contribution in [-0.2, 0) is 4.74 Å². The Morgan fingerprint density at radius 3 is 2.67 bits per heavy atom. The fourth-order valence-corrected chi connectivity index (χ4v) is 0.640. The molecule has 1 nitrogen and oxygen atoms in total. The van der Waals surface area contributed by atoms with Crippen molar-refractivity contribution in [1.82, 2.24) is 0 Å². The molecule has 9 heavy (non-hydrogen) atoms. The van der Waals surface area contributed by atoms with Gasteiger partial charge < -0.3 is 4.74 Å². The lowest BCUT2D eigenvalue weighted by molar-refractivity contribution is 0.195. The number of hydrogen-bond acceptors (Lipinski definition) is 1. The number of ether oxygens (including phenoxy) is 1. The first-order valence-corrected chi connectivity index (χ1v) is 3.42. The smallest absolute Gasteiger partial charge is 0.0465 e. The van der Waals surface area contributed by atoms with E-state index in [1.807, 2.05) is 0 Å². The van der Waals surface area contributed by atoms with Crippen LogP contribution in [0.2, 0.25) is 0 Å². The summed E-state index contributed by atoms with van der Waals surface area (Å²) >= 11 is 0. The van der Waals surface area contributed by atoms with E-state index < -0.39 is 0 Å². The van der Waals surface area contributed by atoms with Gasteiger partial charge in [0.15, 0.2) is 0 Å². The first kappa shape index (κ1) is 8.70. The maximum atomic E-state index is 4.91. The van der Waals surface area contributed by atoms with Crippen molar-refractivity contribution >= 4 is 0 Å². The zero-order chi connectivity index (χ0) is 7.11. The highest BCUT2D eigenvalue weighted by molar-refractivity contribution is 4.94. The van der Waals surface area contributed by atoms with Crippen LogP contribution in [0.4, 0.5) is 0 Å². The lowest BCUT2D eigenvalue weighted by Gasteiger charge is -1.97. The van der Waals surface area contributed by atoms with Gasteiger partial charge in [0.1, 0.15) is 0 Å². The van der Waals surface area contributed by atoms with E-state index in [9.17, 15) is 0 Å². The molecule has 0 atom stereocenters. The van der Waals surface area contributed by atoms with Gasteiger partial charge >= 0.3 is 0 Å². The topological polar surface area (TPSA) is 9.23 Å². The maximum Gasteiger partial charge on any atom is 0.0465 e. The van der Waals surface area contributed by atoms with Crippen molar-refractivity contribution in [2.45, 2.75) is 26.7 Å². The standard InChI is InChI=1S/C8H16O/c1-4-8(2)6-5-7-9-3/h4H,5-7H2,1-3H3. The van der Waals surface area contributed by atoms with E-state index in [0.29, 0.717) is 0 Å². The van der Waals surface area contributed by atoms with Crippen molar-refractivity contribution in [3.05, 3.63) is 11.6 Å². The van der Waals surface area contributed by atoms with Gasteiger partial charge in [-0.05, 0) is 26.7 Å². The van der Waals surface area contributed by atoms with Crippen LogP contribution in [0.5, 0.6) is 0 Å². The summed E-state index contributed by atoms with van der Waals surface area (Å²) in [5.41, 5.74) is 1.45. The second-order valence-corrected chi connectivity index (χ2v) is 2.23. The molecular formula is C8H16O. The molecule has 0 N–H and O–H groups in total. The van der Waals surface area contributed by atoms with Gasteiger partial charge in [-0.2, -0.15) is 0 Å². The van der Waals surface area contributed by atoms with Crippen molar-refractivity contribution < 1.29 is 4.74 Å². The third kappa shape index (κ3) is 5.57. The zero-order valence-electron chi connectivity index (χ0n) is 6.61. The van der Waals surface area contributed by atoms with Crippen LogP contribution in [0.15, 0.2) is 11.6 Å². The van der Waals surface area contributed by atoms with Gasteiger partial charge in [-0.25, -0.2) is 0 Å². The Bertz CT molecular complexity index is 84.6. The number of methoxy groups -OCH3 is 1. The number of rotatable bonds is 4. The molecular weight excluding hydrogens is 112 g/mol. The number of hydrogen-bond donors (Lipinski definition) is 0. The summed E-state index contributed by atoms with van der Waals surface area (Å²) in [6.45, 7) is 5.10. The first-order chi connectivity index (χ1) is 4.31. The normalized spacial score (nSPS) is 12.1. The Hall–Kier alpha value is -0.300. The van der Waals surface area contributed by atoms with Gasteiger partial charge in [0.25, 0.3) is 0 Å². The van der Waals surface area contributed by atoms with E-state index in [4.69, 9.17) is 4.74 Å². The largest absolute Gasteiger partial charge is 0.385 e. The van der Waals surface area contributed by atoms with Crippen LogP contribution in [0.25, 0.3) is 0 Å². The minimum absolute atomic E-state index is 0.880. The van der Waals surface area contributed by atoms with Crippen molar-refractivity contribution in [3.8, 4) is 0 Å². The van der Waals surface area contributed by atoms with Gasteiger partial charge in [-0.15, -0.1) is 0 Å². The molecule has 0 rings (SSSR count). The molecule has 0 aliphatic heterocycles. The van der Waals surface area contributed by atoms with Crippen molar-refractivity contribution in [2.75, 3.05) is 13.7 Å². The van der Waals surface area contributed by atoms with Gasteiger partial charge in [0.05, 0.1) is 0 Å². The number of allylic oxidation sites excluding steroid dienone is 2. The first-order valence-electron chi connectivity index (χ1n) is 3.42. The van der Waals surface area contributed by atoms with Gasteiger partial charge in [0, 0.05) is 13.7 Å². The summed E-state index contributed by atoms with van der Waals surface area (Å²) < 4.78 is 4.91. The zero-order valence-corrected chi connectivity index (χ0v) is 6.61. The van der Waals surface area contributed by atoms with E-state index in [1.165, 1.54) is 12.0 Å². The Morgan fingerprint density at radius 1 is 1.56 bits per heavy atom. The van der Waals surface area contributed by atoms with E-state index in [1.54, 1.807) is 7.11 Å². The summed E-state index contributed by atoms with van der Waals surface area (Å²) in [7, 11) is 1.74. The van der Waals surface area contributed by atoms with E-state index in [0.717, 1.165) is 13.0 Å². The molecule has 0 unspecified atom stereocenters. The molecule has 54 valence electrons. The third-order valence-corrected chi connectivity index (χ3v) is 1.41. The Labute approximate surface area is 57.7 Å². The van der Waals surface area contributed by atoms with E-state index >= 15 is 0 Å². The summed E-state index contributed by atoms with van der Waals surface area (Å²) in [6.07, 6.45) is 4.46. The summed E-state index contributed by atoms with van der Waals surface area (Å²) in [6, 6.07) is 0. The molecule has 0 radical (unpaired) electrons. The molecule has 0 aliphatic carbocycles.